The third-order valence-corrected chi connectivity index (χ3v) is 19.8. The standard InChI is InChI=1S/2C23H17N.C22H16N2.2C21H15N3/c2*1-4-10-18(11-5-1)21-16-22(19-12-6-2-7-13-19)24-23(17-21)20-14-8-3-9-15-20;1-3-8-17(9-4-1)20-14-21(18-10-5-2-6-11-18)24-22(15-20)19-12-7-13-23-16-19;1-2-6-16(7-3-1)20-12-19(17-8-4-10-22-14-17)13-21(24-20)18-9-5-11-23-15-18;1-2-6-16(7-3-1)19-12-20(17-8-4-10-22-14-17)24-21(13-19)18-9-5-11-23-15-18/h2*1-17H;1-16H;2*1-15H. The first-order chi connectivity index (χ1) is 59.5. The highest BCUT2D eigenvalue weighted by Gasteiger charge is 2.15. The SMILES string of the molecule is c1ccc(-c2cc(-c3ccccc3)nc(-c3ccccc3)c2)cc1.c1ccc(-c2cc(-c3ccccc3)nc(-c3ccccc3)c2)cc1.c1ccc(-c2cc(-c3ccccc3)nc(-c3cccnc3)c2)cc1.c1ccc(-c2cc(-c3cccnc3)cc(-c3cccnc3)n2)cc1.c1ccc(-c2cc(-c3cccnc3)nc(-c3cccnc3)c2)cc1. The smallest absolute Gasteiger partial charge is 0.0731 e. The van der Waals surface area contributed by atoms with Crippen molar-refractivity contribution in [2.24, 2.45) is 0 Å². The summed E-state index contributed by atoms with van der Waals surface area (Å²) in [4.78, 5) is 45.4. The molecule has 0 atom stereocenters. The van der Waals surface area contributed by atoms with Crippen molar-refractivity contribution in [3.63, 3.8) is 0 Å². The monoisotopic (exact) mass is 1540 g/mol. The maximum atomic E-state index is 4.90. The molecule has 0 saturated carbocycles. The Morgan fingerprint density at radius 3 is 0.375 bits per heavy atom. The molecule has 0 aliphatic rings. The Morgan fingerprint density at radius 2 is 0.225 bits per heavy atom. The molecular formula is C110H80N10. The molecule has 20 rings (SSSR count). The molecule has 0 aliphatic carbocycles. The normalized spacial score (nSPS) is 10.5. The Kier molecular flexibility index (Phi) is 25.6. The van der Waals surface area contributed by atoms with Gasteiger partial charge in [0.2, 0.25) is 0 Å². The Bertz CT molecular complexity index is 4910. The number of nitrogens with zero attached hydrogens (tertiary/aromatic N) is 10. The summed E-state index contributed by atoms with van der Waals surface area (Å²) in [5.41, 5.74) is 31.9. The van der Waals surface area contributed by atoms with Crippen LogP contribution >= 0.6 is 0 Å². The van der Waals surface area contributed by atoms with E-state index in [1.54, 1.807) is 31.0 Å². The number of hydrogen-bond donors (Lipinski definition) is 0. The molecule has 10 aromatic carbocycles. The predicted molar refractivity (Wildman–Crippen MR) is 492 cm³/mol. The van der Waals surface area contributed by atoms with Crippen LogP contribution in [-0.4, -0.2) is 49.8 Å². The summed E-state index contributed by atoms with van der Waals surface area (Å²) in [6.45, 7) is 0. The van der Waals surface area contributed by atoms with Crippen molar-refractivity contribution in [1.29, 1.82) is 0 Å². The van der Waals surface area contributed by atoms with E-state index in [4.69, 9.17) is 24.9 Å². The highest BCUT2D eigenvalue weighted by Crippen LogP contribution is 2.36. The average molecular weight is 1540 g/mol. The molecule has 10 nitrogen and oxygen atoms in total. The van der Waals surface area contributed by atoms with Gasteiger partial charge < -0.3 is 0 Å². The number of benzene rings is 10. The zero-order valence-corrected chi connectivity index (χ0v) is 65.7. The fraction of sp³-hybridized carbons (Fsp3) is 0. The molecular weight excluding hydrogens is 1460 g/mol. The molecule has 0 bridgehead atoms. The predicted octanol–water partition coefficient (Wildman–Crippen LogP) is 27.4. The maximum absolute atomic E-state index is 4.90. The summed E-state index contributed by atoms with van der Waals surface area (Å²) >= 11 is 0. The highest BCUT2D eigenvalue weighted by molar-refractivity contribution is 5.82. The molecule has 0 N–H and O–H groups in total. The minimum atomic E-state index is 0.906. The minimum Gasteiger partial charge on any atom is -0.264 e. The second-order valence-electron chi connectivity index (χ2n) is 28.0. The van der Waals surface area contributed by atoms with Crippen LogP contribution in [0.2, 0.25) is 0 Å². The number of pyridine rings is 10. The molecule has 0 unspecified atom stereocenters. The Hall–Kier alpha value is -16.3. The van der Waals surface area contributed by atoms with Crippen molar-refractivity contribution in [3.05, 3.63) is 487 Å². The van der Waals surface area contributed by atoms with Crippen LogP contribution in [0.5, 0.6) is 0 Å². The lowest BCUT2D eigenvalue weighted by Crippen LogP contribution is -1.91. The van der Waals surface area contributed by atoms with E-state index >= 15 is 0 Å². The molecule has 0 spiro atoms. The van der Waals surface area contributed by atoms with Gasteiger partial charge in [-0.25, -0.2) is 24.9 Å². The van der Waals surface area contributed by atoms with Crippen LogP contribution in [0, 0.1) is 0 Å². The number of rotatable bonds is 15. The molecule has 0 amide bonds. The summed E-state index contributed by atoms with van der Waals surface area (Å²) < 4.78 is 0. The molecule has 10 heterocycles. The van der Waals surface area contributed by atoms with Crippen molar-refractivity contribution in [2.45, 2.75) is 0 Å². The third-order valence-electron chi connectivity index (χ3n) is 19.8. The van der Waals surface area contributed by atoms with E-state index in [0.29, 0.717) is 0 Å². The van der Waals surface area contributed by atoms with Gasteiger partial charge in [0.25, 0.3) is 0 Å². The molecule has 10 aromatic heterocycles. The zero-order valence-electron chi connectivity index (χ0n) is 65.7. The fourth-order valence-corrected chi connectivity index (χ4v) is 13.7. The lowest BCUT2D eigenvalue weighted by atomic mass is 10.00. The van der Waals surface area contributed by atoms with Crippen molar-refractivity contribution < 1.29 is 0 Å². The molecule has 120 heavy (non-hydrogen) atoms. The van der Waals surface area contributed by atoms with E-state index in [1.807, 2.05) is 231 Å². The van der Waals surface area contributed by atoms with Gasteiger partial charge in [-0.05, 0) is 165 Å². The maximum Gasteiger partial charge on any atom is 0.0731 e. The summed E-state index contributed by atoms with van der Waals surface area (Å²) in [7, 11) is 0. The van der Waals surface area contributed by atoms with Crippen LogP contribution in [0.15, 0.2) is 487 Å². The van der Waals surface area contributed by atoms with Crippen LogP contribution in [0.4, 0.5) is 0 Å². The molecule has 20 aromatic rings. The largest absolute Gasteiger partial charge is 0.264 e. The number of hydrogen-bond acceptors (Lipinski definition) is 10. The molecule has 0 aliphatic heterocycles. The first-order valence-corrected chi connectivity index (χ1v) is 39.7. The van der Waals surface area contributed by atoms with Gasteiger partial charge in [-0.3, -0.25) is 24.9 Å². The van der Waals surface area contributed by atoms with Crippen LogP contribution in [0.1, 0.15) is 0 Å². The van der Waals surface area contributed by atoms with Crippen molar-refractivity contribution >= 4 is 0 Å². The zero-order chi connectivity index (χ0) is 81.0. The van der Waals surface area contributed by atoms with Gasteiger partial charge in [-0.2, -0.15) is 0 Å². The van der Waals surface area contributed by atoms with Crippen molar-refractivity contribution in [1.82, 2.24) is 49.8 Å². The van der Waals surface area contributed by atoms with Crippen molar-refractivity contribution in [2.75, 3.05) is 0 Å². The molecule has 10 heteroatoms. The van der Waals surface area contributed by atoms with Gasteiger partial charge in [-0.1, -0.05) is 309 Å². The van der Waals surface area contributed by atoms with Gasteiger partial charge in [0.05, 0.1) is 56.9 Å². The topological polar surface area (TPSA) is 129 Å². The van der Waals surface area contributed by atoms with Crippen LogP contribution < -0.4 is 0 Å². The van der Waals surface area contributed by atoms with Gasteiger partial charge in [-0.15, -0.1) is 0 Å². The average Bonchev–Trinajstić information content (AvgIpc) is 0.827. The van der Waals surface area contributed by atoms with Crippen LogP contribution in [0.25, 0.3) is 168 Å². The molecule has 0 radical (unpaired) electrons. The third kappa shape index (κ3) is 20.6. The van der Waals surface area contributed by atoms with Crippen LogP contribution in [-0.2, 0) is 0 Å². The van der Waals surface area contributed by atoms with E-state index in [-0.39, 0.29) is 0 Å². The second kappa shape index (κ2) is 39.6. The molecule has 570 valence electrons. The Labute approximate surface area is 700 Å². The lowest BCUT2D eigenvalue weighted by Gasteiger charge is -2.10. The quantitative estimate of drug-likeness (QED) is 0.0978. The Morgan fingerprint density at radius 1 is 0.100 bits per heavy atom. The van der Waals surface area contributed by atoms with Gasteiger partial charge in [0.1, 0.15) is 0 Å². The number of aromatic nitrogens is 10. The highest BCUT2D eigenvalue weighted by atomic mass is 14.8. The van der Waals surface area contributed by atoms with E-state index in [0.717, 1.165) is 140 Å². The summed E-state index contributed by atoms with van der Waals surface area (Å²) in [6.07, 6.45) is 18.1. The van der Waals surface area contributed by atoms with Gasteiger partial charge >= 0.3 is 0 Å². The Balaban J connectivity index is 0.000000112. The molecule has 0 fully saturated rings. The first kappa shape index (κ1) is 77.6. The molecule has 0 saturated heterocycles. The minimum absolute atomic E-state index is 0.906. The first-order valence-electron chi connectivity index (χ1n) is 39.7. The van der Waals surface area contributed by atoms with E-state index < -0.39 is 0 Å². The van der Waals surface area contributed by atoms with E-state index in [1.165, 1.54) is 27.8 Å². The summed E-state index contributed by atoms with van der Waals surface area (Å²) in [6, 6.07) is 145. The summed E-state index contributed by atoms with van der Waals surface area (Å²) in [5, 5.41) is 0. The lowest BCUT2D eigenvalue weighted by molar-refractivity contribution is 1.26. The van der Waals surface area contributed by atoms with E-state index in [9.17, 15) is 0 Å². The van der Waals surface area contributed by atoms with Crippen LogP contribution in [0.3, 0.4) is 0 Å². The van der Waals surface area contributed by atoms with Gasteiger partial charge in [0, 0.05) is 123 Å². The second-order valence-corrected chi connectivity index (χ2v) is 28.0. The van der Waals surface area contributed by atoms with Gasteiger partial charge in [0.15, 0.2) is 0 Å². The van der Waals surface area contributed by atoms with Crippen molar-refractivity contribution in [3.8, 4) is 168 Å². The van der Waals surface area contributed by atoms with E-state index in [2.05, 4.69) is 249 Å². The fourth-order valence-electron chi connectivity index (χ4n) is 13.7. The summed E-state index contributed by atoms with van der Waals surface area (Å²) in [5.74, 6) is 0.